The first-order valence-electron chi connectivity index (χ1n) is 4.95. The molecule has 1 nitrogen and oxygen atoms in total. The second kappa shape index (κ2) is 3.28. The molecule has 1 N–H and O–H groups in total. The number of hydrogen-bond acceptors (Lipinski definition) is 2. The van der Waals surface area contributed by atoms with Crippen molar-refractivity contribution in [3.05, 3.63) is 28.8 Å². The standard InChI is InChI=1S/C12H16OS/c1-8-6-10(12(13)4-5-12)11(14-3)7-9(8)2/h6-7,13H,4-5H2,1-3H3. The summed E-state index contributed by atoms with van der Waals surface area (Å²) < 4.78 is 0. The minimum absolute atomic E-state index is 0.503. The number of hydrogen-bond donors (Lipinski definition) is 1. The molecule has 0 amide bonds. The van der Waals surface area contributed by atoms with Crippen molar-refractivity contribution in [1.82, 2.24) is 0 Å². The van der Waals surface area contributed by atoms with E-state index in [9.17, 15) is 5.11 Å². The second-order valence-electron chi connectivity index (χ2n) is 4.17. The minimum atomic E-state index is -0.503. The zero-order chi connectivity index (χ0) is 10.3. The molecule has 0 unspecified atom stereocenters. The quantitative estimate of drug-likeness (QED) is 0.754. The van der Waals surface area contributed by atoms with E-state index < -0.39 is 5.60 Å². The van der Waals surface area contributed by atoms with Gasteiger partial charge in [-0.15, -0.1) is 11.8 Å². The van der Waals surface area contributed by atoms with Gasteiger partial charge in [0.25, 0.3) is 0 Å². The van der Waals surface area contributed by atoms with Gasteiger partial charge >= 0.3 is 0 Å². The molecule has 14 heavy (non-hydrogen) atoms. The first-order chi connectivity index (χ1) is 6.57. The van der Waals surface area contributed by atoms with Crippen LogP contribution in [0.1, 0.15) is 29.5 Å². The fourth-order valence-electron chi connectivity index (χ4n) is 1.71. The Morgan fingerprint density at radius 1 is 1.21 bits per heavy atom. The number of aliphatic hydroxyl groups is 1. The van der Waals surface area contributed by atoms with Gasteiger partial charge in [-0.1, -0.05) is 6.07 Å². The molecule has 1 aliphatic carbocycles. The molecule has 1 fully saturated rings. The van der Waals surface area contributed by atoms with E-state index in [4.69, 9.17) is 0 Å². The third-order valence-electron chi connectivity index (χ3n) is 3.04. The van der Waals surface area contributed by atoms with E-state index in [1.54, 1.807) is 11.8 Å². The van der Waals surface area contributed by atoms with Crippen LogP contribution in [0.15, 0.2) is 17.0 Å². The van der Waals surface area contributed by atoms with E-state index in [-0.39, 0.29) is 0 Å². The number of rotatable bonds is 2. The summed E-state index contributed by atoms with van der Waals surface area (Å²) in [6.07, 6.45) is 3.91. The van der Waals surface area contributed by atoms with E-state index in [2.05, 4.69) is 32.2 Å². The van der Waals surface area contributed by atoms with Gasteiger partial charge in [0, 0.05) is 4.90 Å². The number of aryl methyl sites for hydroxylation is 2. The smallest absolute Gasteiger partial charge is 0.0909 e. The van der Waals surface area contributed by atoms with Crippen molar-refractivity contribution < 1.29 is 5.11 Å². The summed E-state index contributed by atoms with van der Waals surface area (Å²) in [7, 11) is 0. The molecule has 1 aromatic rings. The summed E-state index contributed by atoms with van der Waals surface area (Å²) in [5.41, 5.74) is 3.21. The Balaban J connectivity index is 2.52. The Morgan fingerprint density at radius 3 is 2.29 bits per heavy atom. The maximum Gasteiger partial charge on any atom is 0.0909 e. The molecule has 1 aliphatic rings. The van der Waals surface area contributed by atoms with Crippen LogP contribution in [0.2, 0.25) is 0 Å². The highest BCUT2D eigenvalue weighted by molar-refractivity contribution is 7.98. The average Bonchev–Trinajstić information content (AvgIpc) is 2.89. The van der Waals surface area contributed by atoms with Crippen LogP contribution < -0.4 is 0 Å². The molecular formula is C12H16OS. The molecule has 76 valence electrons. The lowest BCUT2D eigenvalue weighted by molar-refractivity contribution is 0.148. The zero-order valence-corrected chi connectivity index (χ0v) is 9.74. The van der Waals surface area contributed by atoms with E-state index in [0.717, 1.165) is 18.4 Å². The number of benzene rings is 1. The van der Waals surface area contributed by atoms with Crippen molar-refractivity contribution in [1.29, 1.82) is 0 Å². The highest BCUT2D eigenvalue weighted by atomic mass is 32.2. The van der Waals surface area contributed by atoms with Crippen LogP contribution in [-0.4, -0.2) is 11.4 Å². The lowest BCUT2D eigenvalue weighted by atomic mass is 10.0. The topological polar surface area (TPSA) is 20.2 Å². The van der Waals surface area contributed by atoms with Gasteiger partial charge in [0.15, 0.2) is 0 Å². The Kier molecular flexibility index (Phi) is 2.36. The van der Waals surface area contributed by atoms with Crippen molar-refractivity contribution in [3.63, 3.8) is 0 Å². The highest BCUT2D eigenvalue weighted by Gasteiger charge is 2.43. The summed E-state index contributed by atoms with van der Waals surface area (Å²) in [5, 5.41) is 10.1. The summed E-state index contributed by atoms with van der Waals surface area (Å²) in [6, 6.07) is 4.33. The SMILES string of the molecule is CSc1cc(C)c(C)cc1C1(O)CC1. The van der Waals surface area contributed by atoms with Gasteiger partial charge in [-0.25, -0.2) is 0 Å². The molecule has 2 heteroatoms. The van der Waals surface area contributed by atoms with Crippen molar-refractivity contribution in [3.8, 4) is 0 Å². The van der Waals surface area contributed by atoms with E-state index in [1.807, 2.05) is 0 Å². The molecule has 0 heterocycles. The summed E-state index contributed by atoms with van der Waals surface area (Å²) in [6.45, 7) is 4.23. The molecule has 0 aromatic heterocycles. The van der Waals surface area contributed by atoms with Gasteiger partial charge in [0.2, 0.25) is 0 Å². The molecule has 0 bridgehead atoms. The molecule has 0 radical (unpaired) electrons. The van der Waals surface area contributed by atoms with Crippen molar-refractivity contribution in [2.24, 2.45) is 0 Å². The summed E-state index contributed by atoms with van der Waals surface area (Å²) in [5.74, 6) is 0. The van der Waals surface area contributed by atoms with Gasteiger partial charge in [-0.3, -0.25) is 0 Å². The van der Waals surface area contributed by atoms with Crippen LogP contribution in [0.3, 0.4) is 0 Å². The highest BCUT2D eigenvalue weighted by Crippen LogP contribution is 2.48. The Hall–Kier alpha value is -0.470. The molecule has 0 spiro atoms. The van der Waals surface area contributed by atoms with Gasteiger partial charge in [0.1, 0.15) is 0 Å². The third kappa shape index (κ3) is 1.57. The molecule has 0 atom stereocenters. The third-order valence-corrected chi connectivity index (χ3v) is 3.82. The maximum absolute atomic E-state index is 10.1. The first-order valence-corrected chi connectivity index (χ1v) is 6.17. The van der Waals surface area contributed by atoms with E-state index in [0.29, 0.717) is 0 Å². The Bertz CT molecular complexity index is 367. The number of thioether (sulfide) groups is 1. The minimum Gasteiger partial charge on any atom is -0.385 e. The predicted molar refractivity (Wildman–Crippen MR) is 60.8 cm³/mol. The predicted octanol–water partition coefficient (Wildman–Crippen LogP) is 3.01. The fourth-order valence-corrected chi connectivity index (χ4v) is 2.47. The van der Waals surface area contributed by atoms with Crippen molar-refractivity contribution >= 4 is 11.8 Å². The molecule has 1 aromatic carbocycles. The Morgan fingerprint density at radius 2 is 1.79 bits per heavy atom. The second-order valence-corrected chi connectivity index (χ2v) is 5.02. The van der Waals surface area contributed by atoms with Gasteiger partial charge in [0.05, 0.1) is 5.60 Å². The molecule has 0 aliphatic heterocycles. The zero-order valence-electron chi connectivity index (χ0n) is 8.92. The average molecular weight is 208 g/mol. The lowest BCUT2D eigenvalue weighted by Crippen LogP contribution is -2.07. The van der Waals surface area contributed by atoms with Gasteiger partial charge in [-0.2, -0.15) is 0 Å². The van der Waals surface area contributed by atoms with E-state index in [1.165, 1.54) is 16.0 Å². The largest absolute Gasteiger partial charge is 0.385 e. The van der Waals surface area contributed by atoms with Crippen LogP contribution >= 0.6 is 11.8 Å². The van der Waals surface area contributed by atoms with Crippen molar-refractivity contribution in [2.45, 2.75) is 37.2 Å². The van der Waals surface area contributed by atoms with Crippen LogP contribution in [0.4, 0.5) is 0 Å². The van der Waals surface area contributed by atoms with Gasteiger partial charge < -0.3 is 5.11 Å². The monoisotopic (exact) mass is 208 g/mol. The van der Waals surface area contributed by atoms with Gasteiger partial charge in [-0.05, 0) is 55.7 Å². The molecular weight excluding hydrogens is 192 g/mol. The first kappa shape index (κ1) is 10.1. The van der Waals surface area contributed by atoms with Crippen LogP contribution in [0.5, 0.6) is 0 Å². The molecule has 2 rings (SSSR count). The van der Waals surface area contributed by atoms with E-state index >= 15 is 0 Å². The summed E-state index contributed by atoms with van der Waals surface area (Å²) >= 11 is 1.73. The summed E-state index contributed by atoms with van der Waals surface area (Å²) in [4.78, 5) is 1.23. The van der Waals surface area contributed by atoms with Crippen LogP contribution in [0.25, 0.3) is 0 Å². The van der Waals surface area contributed by atoms with Crippen LogP contribution in [-0.2, 0) is 5.60 Å². The normalized spacial score (nSPS) is 18.3. The fraction of sp³-hybridized carbons (Fsp3) is 0.500. The van der Waals surface area contributed by atoms with Crippen molar-refractivity contribution in [2.75, 3.05) is 6.26 Å². The molecule has 1 saturated carbocycles. The van der Waals surface area contributed by atoms with Crippen LogP contribution in [0, 0.1) is 13.8 Å². The molecule has 0 saturated heterocycles. The lowest BCUT2D eigenvalue weighted by Gasteiger charge is -2.15. The Labute approximate surface area is 89.5 Å². The maximum atomic E-state index is 10.1.